The molecule has 0 amide bonds. The van der Waals surface area contributed by atoms with Crippen molar-refractivity contribution in [2.45, 2.75) is 19.4 Å². The van der Waals surface area contributed by atoms with E-state index in [1.807, 2.05) is 19.3 Å². The van der Waals surface area contributed by atoms with Crippen molar-refractivity contribution in [2.75, 3.05) is 17.7 Å². The maximum Gasteiger partial charge on any atom is 0.222 e. The number of halogens is 1. The van der Waals surface area contributed by atoms with Crippen LogP contribution in [0, 0.1) is 11.8 Å². The van der Waals surface area contributed by atoms with Crippen molar-refractivity contribution in [3.05, 3.63) is 59.4 Å². The topological polar surface area (TPSA) is 122 Å². The summed E-state index contributed by atoms with van der Waals surface area (Å²) in [6.07, 6.45) is 7.47. The molecule has 4 aromatic heterocycles. The Bertz CT molecular complexity index is 1350. The molecule has 0 aliphatic rings. The normalized spacial score (nSPS) is 11.5. The Kier molecular flexibility index (Phi) is 6.94. The molecule has 4 rings (SSSR count). The van der Waals surface area contributed by atoms with E-state index in [0.717, 1.165) is 11.3 Å². The van der Waals surface area contributed by atoms with E-state index in [1.54, 1.807) is 47.1 Å². The van der Waals surface area contributed by atoms with Gasteiger partial charge in [0.05, 0.1) is 24.1 Å². The van der Waals surface area contributed by atoms with Crippen LogP contribution in [0.15, 0.2) is 43.0 Å². The van der Waals surface area contributed by atoms with Crippen LogP contribution in [0.2, 0.25) is 5.15 Å². The number of nitrogens with one attached hydrogen (secondary N) is 1. The highest BCUT2D eigenvalue weighted by Crippen LogP contribution is 2.27. The Hall–Kier alpha value is -4.10. The smallest absolute Gasteiger partial charge is 0.222 e. The van der Waals surface area contributed by atoms with Crippen LogP contribution in [0.5, 0.6) is 5.88 Å². The van der Waals surface area contributed by atoms with Gasteiger partial charge in [-0.15, -0.1) is 0 Å². The van der Waals surface area contributed by atoms with Gasteiger partial charge in [0, 0.05) is 45.1 Å². The van der Waals surface area contributed by atoms with Gasteiger partial charge in [-0.2, -0.15) is 10.2 Å². The molecule has 0 spiro atoms. The first-order valence-corrected chi connectivity index (χ1v) is 10.9. The van der Waals surface area contributed by atoms with Gasteiger partial charge in [-0.3, -0.25) is 4.68 Å². The lowest BCUT2D eigenvalue weighted by atomic mass is 10.2. The van der Waals surface area contributed by atoms with Gasteiger partial charge in [-0.1, -0.05) is 17.5 Å². The standard InChI is InChI=1S/C23H24ClN9O/c1-15(8-11-34-23-18(14-28-33(23)3)22-26-9-6-21(25)30-22)29-19-12-20(24)27-13-16(19)4-5-17-7-10-32(2)31-17/h6-7,9-10,12-15H,8,11H2,1-3H3,(H,27,29)(H2,25,26,30)/t15-/m0/s1. The Labute approximate surface area is 202 Å². The molecule has 4 aromatic rings. The van der Waals surface area contributed by atoms with Crippen molar-refractivity contribution in [3.63, 3.8) is 0 Å². The summed E-state index contributed by atoms with van der Waals surface area (Å²) in [5.74, 6) is 7.59. The number of hydrogen-bond donors (Lipinski definition) is 2. The maximum absolute atomic E-state index is 6.13. The van der Waals surface area contributed by atoms with Crippen LogP contribution in [0.25, 0.3) is 11.4 Å². The molecule has 3 N–H and O–H groups in total. The quantitative estimate of drug-likeness (QED) is 0.308. The van der Waals surface area contributed by atoms with E-state index in [0.29, 0.717) is 47.0 Å². The zero-order chi connectivity index (χ0) is 24.1. The third kappa shape index (κ3) is 5.63. The summed E-state index contributed by atoms with van der Waals surface area (Å²) in [6.45, 7) is 2.50. The molecular formula is C23H24ClN9O. The third-order valence-electron chi connectivity index (χ3n) is 4.90. The molecule has 10 nitrogen and oxygen atoms in total. The number of anilines is 2. The third-order valence-corrected chi connectivity index (χ3v) is 5.11. The van der Waals surface area contributed by atoms with Gasteiger partial charge in [0.25, 0.3) is 0 Å². The van der Waals surface area contributed by atoms with Crippen LogP contribution in [0.3, 0.4) is 0 Å². The Balaban J connectivity index is 1.41. The summed E-state index contributed by atoms with van der Waals surface area (Å²) in [4.78, 5) is 12.7. The summed E-state index contributed by atoms with van der Waals surface area (Å²) >= 11 is 6.13. The highest BCUT2D eigenvalue weighted by Gasteiger charge is 2.16. The van der Waals surface area contributed by atoms with Crippen LogP contribution >= 0.6 is 11.6 Å². The highest BCUT2D eigenvalue weighted by molar-refractivity contribution is 6.29. The van der Waals surface area contributed by atoms with Crippen LogP contribution < -0.4 is 15.8 Å². The van der Waals surface area contributed by atoms with Crippen molar-refractivity contribution in [1.82, 2.24) is 34.5 Å². The van der Waals surface area contributed by atoms with Gasteiger partial charge in [-0.25, -0.2) is 19.6 Å². The minimum Gasteiger partial charge on any atom is -0.477 e. The van der Waals surface area contributed by atoms with E-state index in [4.69, 9.17) is 22.1 Å². The molecule has 0 saturated heterocycles. The average Bonchev–Trinajstić information content (AvgIpc) is 3.38. The van der Waals surface area contributed by atoms with Crippen LogP contribution in [-0.4, -0.2) is 47.2 Å². The number of nitrogen functional groups attached to an aromatic ring is 1. The molecule has 0 bridgehead atoms. The fraction of sp³-hybridized carbons (Fsp3) is 0.261. The average molecular weight is 478 g/mol. The monoisotopic (exact) mass is 477 g/mol. The second-order valence-corrected chi connectivity index (χ2v) is 8.04. The zero-order valence-electron chi connectivity index (χ0n) is 19.0. The van der Waals surface area contributed by atoms with Crippen LogP contribution in [0.4, 0.5) is 11.5 Å². The minimum atomic E-state index is 0.0640. The lowest BCUT2D eigenvalue weighted by Gasteiger charge is -2.17. The lowest BCUT2D eigenvalue weighted by molar-refractivity contribution is 0.280. The number of pyridine rings is 1. The molecule has 0 saturated carbocycles. The molecule has 0 radical (unpaired) electrons. The number of nitrogens with zero attached hydrogens (tertiary/aromatic N) is 7. The molecule has 0 aromatic carbocycles. The molecule has 0 fully saturated rings. The Morgan fingerprint density at radius 2 is 2.06 bits per heavy atom. The number of aromatic nitrogens is 7. The first-order chi connectivity index (χ1) is 16.4. The second kappa shape index (κ2) is 10.2. The van der Waals surface area contributed by atoms with Crippen molar-refractivity contribution >= 4 is 23.1 Å². The second-order valence-electron chi connectivity index (χ2n) is 7.65. The summed E-state index contributed by atoms with van der Waals surface area (Å²) < 4.78 is 9.39. The predicted octanol–water partition coefficient (Wildman–Crippen LogP) is 2.91. The van der Waals surface area contributed by atoms with Crippen LogP contribution in [-0.2, 0) is 14.1 Å². The fourth-order valence-electron chi connectivity index (χ4n) is 3.19. The van der Waals surface area contributed by atoms with E-state index in [9.17, 15) is 0 Å². The van der Waals surface area contributed by atoms with Gasteiger partial charge < -0.3 is 15.8 Å². The number of aryl methyl sites for hydroxylation is 2. The minimum absolute atomic E-state index is 0.0640. The van der Waals surface area contributed by atoms with Gasteiger partial charge in [0.1, 0.15) is 22.2 Å². The van der Waals surface area contributed by atoms with E-state index in [2.05, 4.69) is 49.2 Å². The molecular weight excluding hydrogens is 454 g/mol. The van der Waals surface area contributed by atoms with E-state index in [-0.39, 0.29) is 6.04 Å². The lowest BCUT2D eigenvalue weighted by Crippen LogP contribution is -2.19. The van der Waals surface area contributed by atoms with E-state index < -0.39 is 0 Å². The molecule has 0 aliphatic heterocycles. The van der Waals surface area contributed by atoms with Crippen molar-refractivity contribution in [1.29, 1.82) is 0 Å². The summed E-state index contributed by atoms with van der Waals surface area (Å²) in [5.41, 5.74) is 8.68. The molecule has 174 valence electrons. The molecule has 4 heterocycles. The van der Waals surface area contributed by atoms with E-state index in [1.165, 1.54) is 0 Å². The first-order valence-electron chi connectivity index (χ1n) is 10.6. The highest BCUT2D eigenvalue weighted by atomic mass is 35.5. The van der Waals surface area contributed by atoms with Gasteiger partial charge >= 0.3 is 0 Å². The maximum atomic E-state index is 6.13. The van der Waals surface area contributed by atoms with Gasteiger partial charge in [0.2, 0.25) is 5.88 Å². The number of nitrogens with two attached hydrogens (primary N) is 1. The molecule has 1 atom stereocenters. The summed E-state index contributed by atoms with van der Waals surface area (Å²) in [6, 6.07) is 5.31. The largest absolute Gasteiger partial charge is 0.477 e. The van der Waals surface area contributed by atoms with E-state index >= 15 is 0 Å². The molecule has 0 unspecified atom stereocenters. The summed E-state index contributed by atoms with van der Waals surface area (Å²) in [5, 5.41) is 12.4. The first kappa shape index (κ1) is 23.1. The predicted molar refractivity (Wildman–Crippen MR) is 130 cm³/mol. The molecule has 11 heteroatoms. The molecule has 34 heavy (non-hydrogen) atoms. The van der Waals surface area contributed by atoms with Gasteiger partial charge in [0.15, 0.2) is 5.82 Å². The summed E-state index contributed by atoms with van der Waals surface area (Å²) in [7, 11) is 3.65. The van der Waals surface area contributed by atoms with Crippen LogP contribution in [0.1, 0.15) is 24.6 Å². The Morgan fingerprint density at radius 1 is 1.21 bits per heavy atom. The number of rotatable bonds is 7. The van der Waals surface area contributed by atoms with Crippen molar-refractivity contribution in [3.8, 4) is 29.1 Å². The van der Waals surface area contributed by atoms with Crippen molar-refractivity contribution < 1.29 is 4.74 Å². The van der Waals surface area contributed by atoms with Gasteiger partial charge in [-0.05, 0) is 31.0 Å². The fourth-order valence-corrected chi connectivity index (χ4v) is 3.34. The molecule has 0 aliphatic carbocycles. The zero-order valence-corrected chi connectivity index (χ0v) is 19.8. The number of hydrogen-bond acceptors (Lipinski definition) is 8. The SMILES string of the molecule is C[C@@H](CCOc1c(-c2nccc(N)n2)cnn1C)Nc1cc(Cl)ncc1C#Cc1ccn(C)n1. The Morgan fingerprint density at radius 3 is 2.82 bits per heavy atom. The van der Waals surface area contributed by atoms with Crippen molar-refractivity contribution in [2.24, 2.45) is 14.1 Å². The number of ether oxygens (including phenoxy) is 1.